The molecule has 0 radical (unpaired) electrons. The fraction of sp³-hybridized carbons (Fsp3) is 0.0714. The van der Waals surface area contributed by atoms with Crippen molar-refractivity contribution in [2.45, 2.75) is 6.18 Å². The second-order valence-electron chi connectivity index (χ2n) is 4.20. The fourth-order valence-corrected chi connectivity index (χ4v) is 2.08. The summed E-state index contributed by atoms with van der Waals surface area (Å²) in [7, 11) is 0. The molecule has 1 aromatic heterocycles. The third-order valence-corrected chi connectivity index (χ3v) is 2.98. The standard InChI is InChI=1S/C14H9F3N2/c15-14(16,17)12-4-2-1-3-11(12)9-5-6-10-8-18-19-13(10)7-9/h1-8H,(H,18,19). The molecule has 0 fully saturated rings. The SMILES string of the molecule is FC(F)(F)c1ccccc1-c1ccc2c[nH]nc2c1. The number of aromatic nitrogens is 2. The summed E-state index contributed by atoms with van der Waals surface area (Å²) < 4.78 is 38.9. The number of hydrogen-bond acceptors (Lipinski definition) is 1. The summed E-state index contributed by atoms with van der Waals surface area (Å²) >= 11 is 0. The van der Waals surface area contributed by atoms with E-state index in [2.05, 4.69) is 10.2 Å². The van der Waals surface area contributed by atoms with Crippen LogP contribution in [0.3, 0.4) is 0 Å². The summed E-state index contributed by atoms with van der Waals surface area (Å²) in [6.07, 6.45) is -2.66. The summed E-state index contributed by atoms with van der Waals surface area (Å²) in [5.41, 5.74) is 0.687. The topological polar surface area (TPSA) is 28.7 Å². The Bertz CT molecular complexity index is 729. The predicted molar refractivity (Wildman–Crippen MR) is 66.5 cm³/mol. The Morgan fingerprint density at radius 2 is 1.79 bits per heavy atom. The van der Waals surface area contributed by atoms with Gasteiger partial charge in [-0.15, -0.1) is 0 Å². The fourth-order valence-electron chi connectivity index (χ4n) is 2.08. The third-order valence-electron chi connectivity index (χ3n) is 2.98. The first-order chi connectivity index (χ1) is 9.05. The molecule has 0 aliphatic carbocycles. The van der Waals surface area contributed by atoms with Crippen LogP contribution < -0.4 is 0 Å². The first kappa shape index (κ1) is 11.8. The van der Waals surface area contributed by atoms with E-state index in [-0.39, 0.29) is 5.56 Å². The molecule has 2 nitrogen and oxygen atoms in total. The molecule has 0 spiro atoms. The number of rotatable bonds is 1. The molecule has 19 heavy (non-hydrogen) atoms. The van der Waals surface area contributed by atoms with Gasteiger partial charge in [-0.1, -0.05) is 30.3 Å². The number of benzene rings is 2. The molecule has 0 atom stereocenters. The lowest BCUT2D eigenvalue weighted by Crippen LogP contribution is -2.06. The van der Waals surface area contributed by atoms with Crippen LogP contribution in [-0.2, 0) is 6.18 Å². The van der Waals surface area contributed by atoms with Crippen molar-refractivity contribution in [2.24, 2.45) is 0 Å². The Morgan fingerprint density at radius 3 is 2.58 bits per heavy atom. The first-order valence-corrected chi connectivity index (χ1v) is 5.66. The van der Waals surface area contributed by atoms with Gasteiger partial charge in [0.25, 0.3) is 0 Å². The van der Waals surface area contributed by atoms with Gasteiger partial charge in [-0.3, -0.25) is 5.10 Å². The van der Waals surface area contributed by atoms with E-state index in [1.165, 1.54) is 12.1 Å². The summed E-state index contributed by atoms with van der Waals surface area (Å²) in [6, 6.07) is 10.6. The summed E-state index contributed by atoms with van der Waals surface area (Å²) in [5, 5.41) is 7.55. The lowest BCUT2D eigenvalue weighted by atomic mass is 9.98. The van der Waals surface area contributed by atoms with E-state index in [1.54, 1.807) is 30.5 Å². The van der Waals surface area contributed by atoms with Crippen molar-refractivity contribution in [3.8, 4) is 11.1 Å². The van der Waals surface area contributed by atoms with Crippen LogP contribution in [0.25, 0.3) is 22.0 Å². The van der Waals surface area contributed by atoms with Gasteiger partial charge >= 0.3 is 6.18 Å². The van der Waals surface area contributed by atoms with Crippen LogP contribution in [0.1, 0.15) is 5.56 Å². The van der Waals surface area contributed by atoms with Crippen LogP contribution in [-0.4, -0.2) is 10.2 Å². The van der Waals surface area contributed by atoms with Crippen LogP contribution in [0, 0.1) is 0 Å². The van der Waals surface area contributed by atoms with E-state index in [0.29, 0.717) is 11.1 Å². The second-order valence-corrected chi connectivity index (χ2v) is 4.20. The van der Waals surface area contributed by atoms with Gasteiger partial charge in [-0.05, 0) is 23.3 Å². The summed E-state index contributed by atoms with van der Waals surface area (Å²) in [4.78, 5) is 0. The van der Waals surface area contributed by atoms with Crippen LogP contribution in [0.5, 0.6) is 0 Å². The van der Waals surface area contributed by atoms with Crippen LogP contribution in [0.4, 0.5) is 13.2 Å². The van der Waals surface area contributed by atoms with Crippen LogP contribution >= 0.6 is 0 Å². The van der Waals surface area contributed by atoms with Crippen LogP contribution in [0.15, 0.2) is 48.7 Å². The molecule has 0 bridgehead atoms. The maximum Gasteiger partial charge on any atom is 0.417 e. The normalized spacial score (nSPS) is 11.9. The quantitative estimate of drug-likeness (QED) is 0.697. The number of aromatic amines is 1. The zero-order valence-electron chi connectivity index (χ0n) is 9.70. The maximum absolute atomic E-state index is 13.0. The second kappa shape index (κ2) is 4.12. The van der Waals surface area contributed by atoms with Crippen molar-refractivity contribution in [3.63, 3.8) is 0 Å². The van der Waals surface area contributed by atoms with Crippen molar-refractivity contribution in [1.82, 2.24) is 10.2 Å². The molecule has 0 aliphatic rings. The zero-order chi connectivity index (χ0) is 13.5. The molecule has 0 saturated carbocycles. The molecule has 96 valence electrons. The number of nitrogens with zero attached hydrogens (tertiary/aromatic N) is 1. The number of H-pyrrole nitrogens is 1. The maximum atomic E-state index is 13.0. The highest BCUT2D eigenvalue weighted by atomic mass is 19.4. The van der Waals surface area contributed by atoms with Crippen molar-refractivity contribution >= 4 is 10.9 Å². The first-order valence-electron chi connectivity index (χ1n) is 5.66. The van der Waals surface area contributed by atoms with E-state index >= 15 is 0 Å². The molecule has 3 aromatic rings. The highest BCUT2D eigenvalue weighted by molar-refractivity contribution is 5.84. The smallest absolute Gasteiger partial charge is 0.285 e. The van der Waals surface area contributed by atoms with Gasteiger partial charge in [0.15, 0.2) is 0 Å². The Morgan fingerprint density at radius 1 is 1.00 bits per heavy atom. The van der Waals surface area contributed by atoms with Crippen molar-refractivity contribution < 1.29 is 13.2 Å². The largest absolute Gasteiger partial charge is 0.417 e. The van der Waals surface area contributed by atoms with Gasteiger partial charge in [-0.25, -0.2) is 0 Å². The minimum absolute atomic E-state index is 0.167. The minimum atomic E-state index is -4.36. The Labute approximate surface area is 106 Å². The van der Waals surface area contributed by atoms with Crippen LogP contribution in [0.2, 0.25) is 0 Å². The Hall–Kier alpha value is -2.30. The molecule has 0 amide bonds. The number of nitrogens with one attached hydrogen (secondary N) is 1. The zero-order valence-corrected chi connectivity index (χ0v) is 9.70. The number of hydrogen-bond donors (Lipinski definition) is 1. The monoisotopic (exact) mass is 262 g/mol. The highest BCUT2D eigenvalue weighted by Gasteiger charge is 2.33. The number of fused-ring (bicyclic) bond motifs is 1. The Kier molecular flexibility index (Phi) is 2.55. The minimum Gasteiger partial charge on any atom is -0.285 e. The molecular formula is C14H9F3N2. The van der Waals surface area contributed by atoms with Gasteiger partial charge in [0.2, 0.25) is 0 Å². The van der Waals surface area contributed by atoms with Crippen molar-refractivity contribution in [3.05, 3.63) is 54.2 Å². The van der Waals surface area contributed by atoms with E-state index < -0.39 is 11.7 Å². The van der Waals surface area contributed by atoms with E-state index in [1.807, 2.05) is 0 Å². The van der Waals surface area contributed by atoms with E-state index in [4.69, 9.17) is 0 Å². The van der Waals surface area contributed by atoms with E-state index in [9.17, 15) is 13.2 Å². The van der Waals surface area contributed by atoms with Gasteiger partial charge in [0.1, 0.15) is 0 Å². The van der Waals surface area contributed by atoms with Gasteiger partial charge in [0, 0.05) is 11.6 Å². The lowest BCUT2D eigenvalue weighted by Gasteiger charge is -2.12. The lowest BCUT2D eigenvalue weighted by molar-refractivity contribution is -0.137. The Balaban J connectivity index is 2.21. The predicted octanol–water partition coefficient (Wildman–Crippen LogP) is 4.25. The molecular weight excluding hydrogens is 253 g/mol. The summed E-state index contributed by atoms with van der Waals surface area (Å²) in [6.45, 7) is 0. The molecule has 5 heteroatoms. The molecule has 1 heterocycles. The molecule has 0 saturated heterocycles. The summed E-state index contributed by atoms with van der Waals surface area (Å²) in [5.74, 6) is 0. The van der Waals surface area contributed by atoms with Crippen molar-refractivity contribution in [1.29, 1.82) is 0 Å². The average molecular weight is 262 g/mol. The van der Waals surface area contributed by atoms with E-state index in [0.717, 1.165) is 11.5 Å². The van der Waals surface area contributed by atoms with Gasteiger partial charge in [0.05, 0.1) is 11.1 Å². The van der Waals surface area contributed by atoms with Crippen molar-refractivity contribution in [2.75, 3.05) is 0 Å². The molecule has 2 aromatic carbocycles. The average Bonchev–Trinajstić information content (AvgIpc) is 2.85. The van der Waals surface area contributed by atoms with Gasteiger partial charge < -0.3 is 0 Å². The molecule has 1 N–H and O–H groups in total. The molecule has 0 unspecified atom stereocenters. The highest BCUT2D eigenvalue weighted by Crippen LogP contribution is 2.37. The number of halogens is 3. The number of alkyl halides is 3. The molecule has 3 rings (SSSR count). The third kappa shape index (κ3) is 2.07. The van der Waals surface area contributed by atoms with Gasteiger partial charge in [-0.2, -0.15) is 18.3 Å². The molecule has 0 aliphatic heterocycles.